The van der Waals surface area contributed by atoms with E-state index in [4.69, 9.17) is 0 Å². The van der Waals surface area contributed by atoms with Crippen LogP contribution in [0.25, 0.3) is 0 Å². The lowest BCUT2D eigenvalue weighted by Crippen LogP contribution is -2.43. The van der Waals surface area contributed by atoms with Gasteiger partial charge in [0.1, 0.15) is 6.04 Å². The van der Waals surface area contributed by atoms with Crippen molar-refractivity contribution in [2.45, 2.75) is 32.7 Å². The highest BCUT2D eigenvalue weighted by Crippen LogP contribution is 2.24. The lowest BCUT2D eigenvalue weighted by atomic mass is 10.0. The number of rotatable bonds is 4. The smallest absolute Gasteiger partial charge is 0.324 e. The molecule has 2 rings (SSSR count). The average molecular weight is 275 g/mol. The van der Waals surface area contributed by atoms with E-state index in [1.165, 1.54) is 4.90 Å². The summed E-state index contributed by atoms with van der Waals surface area (Å²) in [4.78, 5) is 25.0. The summed E-state index contributed by atoms with van der Waals surface area (Å²) in [7, 11) is 0. The first-order valence-corrected chi connectivity index (χ1v) is 6.95. The van der Waals surface area contributed by atoms with E-state index < -0.39 is 6.04 Å². The van der Waals surface area contributed by atoms with E-state index in [1.807, 2.05) is 24.3 Å². The maximum absolute atomic E-state index is 12.2. The third-order valence-corrected chi connectivity index (χ3v) is 3.45. The number of benzene rings is 1. The minimum Gasteiger partial charge on any atom is -0.374 e. The van der Waals surface area contributed by atoms with Gasteiger partial charge in [-0.2, -0.15) is 0 Å². The van der Waals surface area contributed by atoms with Gasteiger partial charge in [-0.3, -0.25) is 9.69 Å². The first-order valence-electron chi connectivity index (χ1n) is 6.95. The van der Waals surface area contributed by atoms with Crippen molar-refractivity contribution in [1.29, 1.82) is 0 Å². The molecular weight excluding hydrogens is 254 g/mol. The zero-order valence-electron chi connectivity index (χ0n) is 12.1. The van der Waals surface area contributed by atoms with Gasteiger partial charge < -0.3 is 10.6 Å². The Morgan fingerprint density at radius 3 is 2.60 bits per heavy atom. The van der Waals surface area contributed by atoms with Crippen LogP contribution in [0.1, 0.15) is 32.3 Å². The number of nitrogens with one attached hydrogen (secondary N) is 2. The summed E-state index contributed by atoms with van der Waals surface area (Å²) < 4.78 is 0. The highest BCUT2D eigenvalue weighted by atomic mass is 16.2. The highest BCUT2D eigenvalue weighted by Gasteiger charge is 2.29. The second-order valence-electron chi connectivity index (χ2n) is 5.33. The number of carbonyl (C=O) groups is 2. The SMILES string of the molecule is CC(C)c1ccccc1N[C@@H](C)C(=O)N1CCNC1=O. The number of carbonyl (C=O) groups excluding carboxylic acids is 2. The van der Waals surface area contributed by atoms with Crippen LogP contribution < -0.4 is 10.6 Å². The molecule has 3 amide bonds. The Morgan fingerprint density at radius 2 is 2.00 bits per heavy atom. The molecule has 1 aliphatic rings. The number of urea groups is 1. The molecule has 1 aromatic rings. The van der Waals surface area contributed by atoms with Crippen LogP contribution in [0.2, 0.25) is 0 Å². The maximum atomic E-state index is 12.2. The molecule has 0 radical (unpaired) electrons. The minimum atomic E-state index is -0.432. The van der Waals surface area contributed by atoms with Crippen LogP contribution in [0.5, 0.6) is 0 Å². The predicted molar refractivity (Wildman–Crippen MR) is 78.7 cm³/mol. The van der Waals surface area contributed by atoms with Crippen LogP contribution in [-0.4, -0.2) is 36.0 Å². The van der Waals surface area contributed by atoms with E-state index in [2.05, 4.69) is 24.5 Å². The number of amides is 3. The van der Waals surface area contributed by atoms with Crippen LogP contribution in [0.3, 0.4) is 0 Å². The summed E-state index contributed by atoms with van der Waals surface area (Å²) >= 11 is 0. The molecule has 1 atom stereocenters. The van der Waals surface area contributed by atoms with Gasteiger partial charge >= 0.3 is 6.03 Å². The Balaban J connectivity index is 2.10. The fraction of sp³-hybridized carbons (Fsp3) is 0.467. The molecule has 1 aliphatic heterocycles. The Labute approximate surface area is 119 Å². The van der Waals surface area contributed by atoms with Gasteiger partial charge in [-0.05, 0) is 24.5 Å². The van der Waals surface area contributed by atoms with E-state index in [1.54, 1.807) is 6.92 Å². The standard InChI is InChI=1S/C15H21N3O2/c1-10(2)12-6-4-5-7-13(12)17-11(3)14(19)18-9-8-16-15(18)20/h4-7,10-11,17H,8-9H2,1-3H3,(H,16,20)/t11-/m0/s1. The van der Waals surface area contributed by atoms with Gasteiger partial charge in [0.2, 0.25) is 0 Å². The summed E-state index contributed by atoms with van der Waals surface area (Å²) in [5.41, 5.74) is 2.11. The van der Waals surface area contributed by atoms with Crippen molar-refractivity contribution in [3.05, 3.63) is 29.8 Å². The van der Waals surface area contributed by atoms with Crippen LogP contribution >= 0.6 is 0 Å². The molecule has 0 saturated carbocycles. The highest BCUT2D eigenvalue weighted by molar-refractivity contribution is 5.99. The van der Waals surface area contributed by atoms with E-state index in [9.17, 15) is 9.59 Å². The Morgan fingerprint density at radius 1 is 1.30 bits per heavy atom. The molecule has 5 heteroatoms. The number of hydrogen-bond acceptors (Lipinski definition) is 3. The van der Waals surface area contributed by atoms with Crippen molar-refractivity contribution >= 4 is 17.6 Å². The summed E-state index contributed by atoms with van der Waals surface area (Å²) in [5.74, 6) is 0.176. The van der Waals surface area contributed by atoms with Crippen LogP contribution in [0.15, 0.2) is 24.3 Å². The number of hydrogen-bond donors (Lipinski definition) is 2. The lowest BCUT2D eigenvalue weighted by molar-refractivity contribution is -0.128. The second kappa shape index (κ2) is 5.94. The predicted octanol–water partition coefficient (Wildman–Crippen LogP) is 2.16. The molecule has 108 valence electrons. The van der Waals surface area contributed by atoms with Gasteiger partial charge in [0.25, 0.3) is 5.91 Å². The third kappa shape index (κ3) is 2.92. The summed E-state index contributed by atoms with van der Waals surface area (Å²) in [6, 6.07) is 7.20. The quantitative estimate of drug-likeness (QED) is 0.885. The minimum absolute atomic E-state index is 0.196. The average Bonchev–Trinajstić information content (AvgIpc) is 2.84. The van der Waals surface area contributed by atoms with Crippen molar-refractivity contribution in [3.8, 4) is 0 Å². The number of para-hydroxylation sites is 1. The molecular formula is C15H21N3O2. The third-order valence-electron chi connectivity index (χ3n) is 3.45. The molecule has 0 bridgehead atoms. The van der Waals surface area contributed by atoms with Gasteiger partial charge in [-0.25, -0.2) is 4.79 Å². The topological polar surface area (TPSA) is 61.4 Å². The van der Waals surface area contributed by atoms with Gasteiger partial charge in [-0.1, -0.05) is 32.0 Å². The monoisotopic (exact) mass is 275 g/mol. The van der Waals surface area contributed by atoms with Crippen LogP contribution in [0.4, 0.5) is 10.5 Å². The molecule has 1 aromatic carbocycles. The fourth-order valence-corrected chi connectivity index (χ4v) is 2.34. The normalized spacial score (nSPS) is 16.2. The van der Waals surface area contributed by atoms with Crippen molar-refractivity contribution in [1.82, 2.24) is 10.2 Å². The molecule has 1 saturated heterocycles. The zero-order valence-corrected chi connectivity index (χ0v) is 12.1. The van der Waals surface area contributed by atoms with Gasteiger partial charge in [0, 0.05) is 18.8 Å². The van der Waals surface area contributed by atoms with E-state index in [0.29, 0.717) is 19.0 Å². The molecule has 20 heavy (non-hydrogen) atoms. The molecule has 0 unspecified atom stereocenters. The molecule has 0 aromatic heterocycles. The molecule has 0 spiro atoms. The Hall–Kier alpha value is -2.04. The Kier molecular flexibility index (Phi) is 4.27. The van der Waals surface area contributed by atoms with Gasteiger partial charge in [-0.15, -0.1) is 0 Å². The lowest BCUT2D eigenvalue weighted by Gasteiger charge is -2.22. The maximum Gasteiger partial charge on any atom is 0.324 e. The number of nitrogens with zero attached hydrogens (tertiary/aromatic N) is 1. The van der Waals surface area contributed by atoms with Crippen molar-refractivity contribution in [3.63, 3.8) is 0 Å². The number of anilines is 1. The largest absolute Gasteiger partial charge is 0.374 e. The summed E-state index contributed by atoms with van der Waals surface area (Å²) in [5, 5.41) is 5.86. The Bertz CT molecular complexity index is 514. The zero-order chi connectivity index (χ0) is 14.7. The van der Waals surface area contributed by atoms with E-state index in [0.717, 1.165) is 11.3 Å². The first-order chi connectivity index (χ1) is 9.50. The molecule has 5 nitrogen and oxygen atoms in total. The van der Waals surface area contributed by atoms with Gasteiger partial charge in [0.05, 0.1) is 0 Å². The molecule has 2 N–H and O–H groups in total. The summed E-state index contributed by atoms with van der Waals surface area (Å²) in [6.07, 6.45) is 0. The van der Waals surface area contributed by atoms with E-state index in [-0.39, 0.29) is 11.9 Å². The van der Waals surface area contributed by atoms with Crippen LogP contribution in [0, 0.1) is 0 Å². The molecule has 1 fully saturated rings. The van der Waals surface area contributed by atoms with Crippen molar-refractivity contribution in [2.24, 2.45) is 0 Å². The molecule has 1 heterocycles. The van der Waals surface area contributed by atoms with Crippen molar-refractivity contribution < 1.29 is 9.59 Å². The summed E-state index contributed by atoms with van der Waals surface area (Å²) in [6.45, 7) is 6.97. The van der Waals surface area contributed by atoms with Crippen molar-refractivity contribution in [2.75, 3.05) is 18.4 Å². The van der Waals surface area contributed by atoms with Gasteiger partial charge in [0.15, 0.2) is 0 Å². The second-order valence-corrected chi connectivity index (χ2v) is 5.33. The fourth-order valence-electron chi connectivity index (χ4n) is 2.34. The first kappa shape index (κ1) is 14.4. The van der Waals surface area contributed by atoms with Crippen LogP contribution in [-0.2, 0) is 4.79 Å². The van der Waals surface area contributed by atoms with E-state index >= 15 is 0 Å². The molecule has 0 aliphatic carbocycles. The number of imide groups is 1.